The number of anilines is 1. The molecule has 0 N–H and O–H groups in total. The third-order valence-corrected chi connectivity index (χ3v) is 5.10. The largest absolute Gasteiger partial charge is 0.433 e. The normalized spacial score (nSPS) is 15.2. The summed E-state index contributed by atoms with van der Waals surface area (Å²) in [7, 11) is 0. The predicted molar refractivity (Wildman–Crippen MR) is 107 cm³/mol. The van der Waals surface area contributed by atoms with Gasteiger partial charge in [-0.2, -0.15) is 8.78 Å². The number of hydrogen-bond acceptors (Lipinski definition) is 6. The summed E-state index contributed by atoms with van der Waals surface area (Å²) in [5, 5.41) is 0. The number of halogens is 2. The first kappa shape index (κ1) is 19.4. The van der Waals surface area contributed by atoms with Crippen LogP contribution in [0.25, 0.3) is 11.0 Å². The predicted octanol–water partition coefficient (Wildman–Crippen LogP) is 3.51. The molecule has 6 nitrogen and oxygen atoms in total. The lowest BCUT2D eigenvalue weighted by molar-refractivity contribution is -0.0500. The monoisotopic (exact) mass is 399 g/mol. The van der Waals surface area contributed by atoms with Gasteiger partial charge in [-0.25, -0.2) is 4.98 Å². The van der Waals surface area contributed by atoms with Gasteiger partial charge < -0.3 is 9.64 Å². The number of rotatable bonds is 6. The zero-order chi connectivity index (χ0) is 20.2. The molecule has 0 saturated carbocycles. The first-order chi connectivity index (χ1) is 14.1. The SMILES string of the molecule is CCc1cnc2cc(CN3CCN(c4ccc(OC(F)F)cn4)CC3)cnc2c1. The van der Waals surface area contributed by atoms with Gasteiger partial charge in [-0.3, -0.25) is 14.9 Å². The van der Waals surface area contributed by atoms with Crippen LogP contribution in [0.3, 0.4) is 0 Å². The second-order valence-corrected chi connectivity index (χ2v) is 7.07. The number of nitrogens with zero attached hydrogens (tertiary/aromatic N) is 5. The Kier molecular flexibility index (Phi) is 5.80. The molecular formula is C21H23F2N5O. The van der Waals surface area contributed by atoms with E-state index >= 15 is 0 Å². The van der Waals surface area contributed by atoms with Gasteiger partial charge in [-0.15, -0.1) is 0 Å². The summed E-state index contributed by atoms with van der Waals surface area (Å²) < 4.78 is 28.8. The van der Waals surface area contributed by atoms with E-state index in [4.69, 9.17) is 0 Å². The molecule has 152 valence electrons. The van der Waals surface area contributed by atoms with Gasteiger partial charge in [-0.05, 0) is 41.8 Å². The van der Waals surface area contributed by atoms with Gasteiger partial charge in [0.2, 0.25) is 0 Å². The summed E-state index contributed by atoms with van der Waals surface area (Å²) in [6.45, 7) is 3.51. The van der Waals surface area contributed by atoms with Gasteiger partial charge in [-0.1, -0.05) is 6.92 Å². The van der Waals surface area contributed by atoms with Crippen molar-refractivity contribution < 1.29 is 13.5 Å². The number of aryl methyl sites for hydroxylation is 1. The second kappa shape index (κ2) is 8.65. The molecule has 0 radical (unpaired) electrons. The van der Waals surface area contributed by atoms with Crippen LogP contribution >= 0.6 is 0 Å². The Labute approximate surface area is 168 Å². The van der Waals surface area contributed by atoms with E-state index in [0.717, 1.165) is 61.6 Å². The molecule has 4 rings (SSSR count). The minimum atomic E-state index is -2.83. The molecule has 0 atom stereocenters. The van der Waals surface area contributed by atoms with E-state index in [1.54, 1.807) is 6.07 Å². The second-order valence-electron chi connectivity index (χ2n) is 7.07. The van der Waals surface area contributed by atoms with Crippen molar-refractivity contribution in [1.82, 2.24) is 19.9 Å². The summed E-state index contributed by atoms with van der Waals surface area (Å²) in [5.74, 6) is 0.848. The molecule has 3 aromatic rings. The van der Waals surface area contributed by atoms with Crippen molar-refractivity contribution in [2.24, 2.45) is 0 Å². The number of alkyl halides is 2. The van der Waals surface area contributed by atoms with Crippen LogP contribution < -0.4 is 9.64 Å². The standard InChI is InChI=1S/C21H23F2N5O/c1-2-15-9-18-19(24-11-15)10-16(12-25-18)14-27-5-7-28(8-6-27)20-4-3-17(13-26-20)29-21(22)23/h3-4,9-13,21H,2,5-8,14H2,1H3. The van der Waals surface area contributed by atoms with Gasteiger partial charge >= 0.3 is 6.61 Å². The molecule has 1 aliphatic heterocycles. The van der Waals surface area contributed by atoms with Gasteiger partial charge in [0, 0.05) is 45.1 Å². The molecule has 29 heavy (non-hydrogen) atoms. The fourth-order valence-electron chi connectivity index (χ4n) is 3.49. The fraction of sp³-hybridized carbons (Fsp3) is 0.381. The highest BCUT2D eigenvalue weighted by molar-refractivity contribution is 5.74. The smallest absolute Gasteiger partial charge is 0.387 e. The van der Waals surface area contributed by atoms with Crippen LogP contribution in [0.2, 0.25) is 0 Å². The summed E-state index contributed by atoms with van der Waals surface area (Å²) in [6.07, 6.45) is 6.13. The van der Waals surface area contributed by atoms with Crippen LogP contribution in [0.5, 0.6) is 5.75 Å². The number of aromatic nitrogens is 3. The van der Waals surface area contributed by atoms with E-state index in [2.05, 4.69) is 48.5 Å². The molecule has 0 spiro atoms. The fourth-order valence-corrected chi connectivity index (χ4v) is 3.49. The highest BCUT2D eigenvalue weighted by atomic mass is 19.3. The number of hydrogen-bond donors (Lipinski definition) is 0. The topological polar surface area (TPSA) is 54.4 Å². The van der Waals surface area contributed by atoms with Crippen LogP contribution in [-0.2, 0) is 13.0 Å². The Balaban J connectivity index is 1.34. The molecule has 1 aliphatic rings. The Morgan fingerprint density at radius 3 is 2.24 bits per heavy atom. The molecule has 0 aliphatic carbocycles. The molecule has 1 fully saturated rings. The third kappa shape index (κ3) is 4.76. The molecule has 1 saturated heterocycles. The number of ether oxygens (including phenoxy) is 1. The Bertz CT molecular complexity index is 959. The first-order valence-electron chi connectivity index (χ1n) is 9.72. The summed E-state index contributed by atoms with van der Waals surface area (Å²) in [4.78, 5) is 17.9. The van der Waals surface area contributed by atoms with Crippen LogP contribution in [-0.4, -0.2) is 52.6 Å². The van der Waals surface area contributed by atoms with E-state index in [9.17, 15) is 8.78 Å². The van der Waals surface area contributed by atoms with Gasteiger partial charge in [0.05, 0.1) is 17.2 Å². The van der Waals surface area contributed by atoms with Crippen molar-refractivity contribution in [3.05, 3.63) is 54.0 Å². The van der Waals surface area contributed by atoms with E-state index in [-0.39, 0.29) is 5.75 Å². The Morgan fingerprint density at radius 2 is 1.62 bits per heavy atom. The maximum Gasteiger partial charge on any atom is 0.387 e. The Morgan fingerprint density at radius 1 is 0.931 bits per heavy atom. The molecule has 0 unspecified atom stereocenters. The molecule has 3 aromatic heterocycles. The van der Waals surface area contributed by atoms with Crippen molar-refractivity contribution in [2.45, 2.75) is 26.5 Å². The lowest BCUT2D eigenvalue weighted by atomic mass is 10.1. The van der Waals surface area contributed by atoms with Crippen molar-refractivity contribution in [3.8, 4) is 5.75 Å². The maximum atomic E-state index is 12.2. The molecule has 0 amide bonds. The third-order valence-electron chi connectivity index (χ3n) is 5.10. The van der Waals surface area contributed by atoms with Crippen LogP contribution in [0, 0.1) is 0 Å². The minimum Gasteiger partial charge on any atom is -0.433 e. The first-order valence-corrected chi connectivity index (χ1v) is 9.72. The van der Waals surface area contributed by atoms with Crippen molar-refractivity contribution in [2.75, 3.05) is 31.1 Å². The lowest BCUT2D eigenvalue weighted by Gasteiger charge is -2.35. The minimum absolute atomic E-state index is 0.0749. The lowest BCUT2D eigenvalue weighted by Crippen LogP contribution is -2.46. The average molecular weight is 399 g/mol. The number of piperazine rings is 1. The summed E-state index contributed by atoms with van der Waals surface area (Å²) in [6, 6.07) is 7.45. The van der Waals surface area contributed by atoms with E-state index in [0.29, 0.717) is 0 Å². The van der Waals surface area contributed by atoms with Gasteiger partial charge in [0.1, 0.15) is 11.6 Å². The quantitative estimate of drug-likeness (QED) is 0.632. The highest BCUT2D eigenvalue weighted by Gasteiger charge is 2.18. The zero-order valence-corrected chi connectivity index (χ0v) is 16.3. The highest BCUT2D eigenvalue weighted by Crippen LogP contribution is 2.20. The Hall–Kier alpha value is -2.87. The van der Waals surface area contributed by atoms with Crippen LogP contribution in [0.1, 0.15) is 18.1 Å². The summed E-state index contributed by atoms with van der Waals surface area (Å²) >= 11 is 0. The van der Waals surface area contributed by atoms with Crippen molar-refractivity contribution in [3.63, 3.8) is 0 Å². The van der Waals surface area contributed by atoms with E-state index in [1.807, 2.05) is 12.4 Å². The molecule has 4 heterocycles. The zero-order valence-electron chi connectivity index (χ0n) is 16.3. The van der Waals surface area contributed by atoms with Crippen molar-refractivity contribution >= 4 is 16.9 Å². The molecule has 0 aromatic carbocycles. The summed E-state index contributed by atoms with van der Waals surface area (Å²) in [5.41, 5.74) is 4.20. The maximum absolute atomic E-state index is 12.2. The molecule has 0 bridgehead atoms. The van der Waals surface area contributed by atoms with Gasteiger partial charge in [0.25, 0.3) is 0 Å². The van der Waals surface area contributed by atoms with Crippen LogP contribution in [0.15, 0.2) is 42.9 Å². The average Bonchev–Trinajstić information content (AvgIpc) is 2.74. The molecular weight excluding hydrogens is 376 g/mol. The van der Waals surface area contributed by atoms with Gasteiger partial charge in [0.15, 0.2) is 0 Å². The van der Waals surface area contributed by atoms with E-state index in [1.165, 1.54) is 17.8 Å². The number of fused-ring (bicyclic) bond motifs is 1. The van der Waals surface area contributed by atoms with Crippen LogP contribution in [0.4, 0.5) is 14.6 Å². The number of pyridine rings is 3. The van der Waals surface area contributed by atoms with Crippen molar-refractivity contribution in [1.29, 1.82) is 0 Å². The van der Waals surface area contributed by atoms with E-state index < -0.39 is 6.61 Å². The molecule has 8 heteroatoms.